The molecule has 0 fully saturated rings. The third-order valence-electron chi connectivity index (χ3n) is 2.31. The van der Waals surface area contributed by atoms with Crippen LogP contribution in [0.1, 0.15) is 24.8 Å². The van der Waals surface area contributed by atoms with Crippen LogP contribution in [0.15, 0.2) is 24.3 Å². The Balaban J connectivity index is 0.00000289. The van der Waals surface area contributed by atoms with Crippen LogP contribution >= 0.6 is 0 Å². The van der Waals surface area contributed by atoms with E-state index >= 15 is 0 Å². The van der Waals surface area contributed by atoms with Crippen molar-refractivity contribution >= 4 is 0 Å². The molecule has 0 bridgehead atoms. The summed E-state index contributed by atoms with van der Waals surface area (Å²) in [5.74, 6) is 3.35. The number of unbranched alkanes of at least 4 members (excludes halogenated alkanes) is 2. The van der Waals surface area contributed by atoms with Crippen molar-refractivity contribution in [3.63, 3.8) is 0 Å². The first kappa shape index (κ1) is 16.9. The van der Waals surface area contributed by atoms with Crippen molar-refractivity contribution in [3.8, 4) is 18.1 Å². The summed E-state index contributed by atoms with van der Waals surface area (Å²) in [5.41, 5.74) is 1.00. The second kappa shape index (κ2) is 11.1. The van der Waals surface area contributed by atoms with Gasteiger partial charge >= 0.3 is 0 Å². The molecule has 1 aromatic rings. The number of terminal acetylenes is 1. The summed E-state index contributed by atoms with van der Waals surface area (Å²) in [4.78, 5) is 0. The fraction of sp³-hybridized carbons (Fsp3) is 0.400. The fourth-order valence-electron chi connectivity index (χ4n) is 1.39. The van der Waals surface area contributed by atoms with E-state index in [-0.39, 0.29) is 17.4 Å². The molecule has 0 aliphatic rings. The fourth-order valence-corrected chi connectivity index (χ4v) is 1.39. The SMILES string of the molecule is C#CCOCCCCCOc1ccc([CH2-])cc1.[Cr]. The monoisotopic (exact) mass is 283 g/mol. The van der Waals surface area contributed by atoms with E-state index in [1.165, 1.54) is 0 Å². The molecule has 1 aromatic carbocycles. The zero-order valence-corrected chi connectivity index (χ0v) is 11.8. The van der Waals surface area contributed by atoms with Gasteiger partial charge in [-0.3, -0.25) is 0 Å². The molecule has 0 unspecified atom stereocenters. The van der Waals surface area contributed by atoms with Crippen LogP contribution < -0.4 is 4.74 Å². The molecule has 0 saturated carbocycles. The van der Waals surface area contributed by atoms with Gasteiger partial charge in [0.1, 0.15) is 6.61 Å². The molecule has 0 aliphatic carbocycles. The number of hydrogen-bond acceptors (Lipinski definition) is 2. The van der Waals surface area contributed by atoms with E-state index in [0.29, 0.717) is 6.61 Å². The smallest absolute Gasteiger partial charge is 0.107 e. The zero-order chi connectivity index (χ0) is 12.3. The van der Waals surface area contributed by atoms with Crippen LogP contribution in [0.25, 0.3) is 0 Å². The Hall–Kier alpha value is -1.06. The first-order valence-corrected chi connectivity index (χ1v) is 5.89. The summed E-state index contributed by atoms with van der Waals surface area (Å²) in [6, 6.07) is 7.78. The summed E-state index contributed by atoms with van der Waals surface area (Å²) in [7, 11) is 0. The van der Waals surface area contributed by atoms with Crippen molar-refractivity contribution in [3.05, 3.63) is 36.8 Å². The van der Waals surface area contributed by atoms with E-state index in [9.17, 15) is 0 Å². The molecule has 98 valence electrons. The zero-order valence-electron chi connectivity index (χ0n) is 10.6. The first-order chi connectivity index (χ1) is 8.33. The van der Waals surface area contributed by atoms with Gasteiger partial charge in [-0.1, -0.05) is 18.1 Å². The van der Waals surface area contributed by atoms with Crippen LogP contribution in [0.3, 0.4) is 0 Å². The second-order valence-electron chi connectivity index (χ2n) is 3.81. The number of hydrogen-bond donors (Lipinski definition) is 0. The molecule has 0 aliphatic heterocycles. The van der Waals surface area contributed by atoms with Crippen molar-refractivity contribution in [2.45, 2.75) is 19.3 Å². The van der Waals surface area contributed by atoms with Crippen molar-refractivity contribution in [1.29, 1.82) is 0 Å². The minimum atomic E-state index is 0. The maximum atomic E-state index is 5.59. The minimum Gasteiger partial charge on any atom is -0.496 e. The van der Waals surface area contributed by atoms with Crippen LogP contribution in [0.2, 0.25) is 0 Å². The molecule has 0 spiro atoms. The molecule has 0 atom stereocenters. The van der Waals surface area contributed by atoms with E-state index in [0.717, 1.165) is 43.8 Å². The van der Waals surface area contributed by atoms with E-state index in [2.05, 4.69) is 12.8 Å². The Bertz CT molecular complexity index is 341. The third kappa shape index (κ3) is 8.10. The second-order valence-corrected chi connectivity index (χ2v) is 3.81. The standard InChI is InChI=1S/C15H19O2.Cr/c1-3-11-16-12-5-4-6-13-17-15-9-7-14(2)8-10-15;/h1,7-10H,2,4-6,11-13H2;/q-1;. The molecule has 0 amide bonds. The predicted molar refractivity (Wildman–Crippen MR) is 69.9 cm³/mol. The Morgan fingerprint density at radius 1 is 1.06 bits per heavy atom. The third-order valence-corrected chi connectivity index (χ3v) is 2.31. The molecule has 0 heterocycles. The largest absolute Gasteiger partial charge is 0.496 e. The summed E-state index contributed by atoms with van der Waals surface area (Å²) < 4.78 is 10.8. The molecular weight excluding hydrogens is 264 g/mol. The first-order valence-electron chi connectivity index (χ1n) is 5.89. The van der Waals surface area contributed by atoms with Crippen molar-refractivity contribution in [2.75, 3.05) is 19.8 Å². The van der Waals surface area contributed by atoms with Crippen molar-refractivity contribution < 1.29 is 26.8 Å². The van der Waals surface area contributed by atoms with Gasteiger partial charge in [-0.15, -0.1) is 6.42 Å². The Morgan fingerprint density at radius 3 is 2.39 bits per heavy atom. The summed E-state index contributed by atoms with van der Waals surface area (Å²) in [6.07, 6.45) is 8.23. The minimum absolute atomic E-state index is 0. The Morgan fingerprint density at radius 2 is 1.72 bits per heavy atom. The molecule has 1 rings (SSSR count). The van der Waals surface area contributed by atoms with Gasteiger partial charge < -0.3 is 9.47 Å². The van der Waals surface area contributed by atoms with Gasteiger partial charge in [-0.25, -0.2) is 0 Å². The topological polar surface area (TPSA) is 18.5 Å². The predicted octanol–water partition coefficient (Wildman–Crippen LogP) is 3.07. The summed E-state index contributed by atoms with van der Waals surface area (Å²) in [6.45, 7) is 5.71. The molecule has 3 heteroatoms. The molecule has 0 aromatic heterocycles. The van der Waals surface area contributed by atoms with Gasteiger partial charge in [-0.05, 0) is 19.3 Å². The molecule has 0 saturated heterocycles. The van der Waals surface area contributed by atoms with Gasteiger partial charge in [-0.2, -0.15) is 24.6 Å². The summed E-state index contributed by atoms with van der Waals surface area (Å²) >= 11 is 0. The van der Waals surface area contributed by atoms with Gasteiger partial charge in [0.2, 0.25) is 0 Å². The number of rotatable bonds is 8. The quantitative estimate of drug-likeness (QED) is 0.415. The van der Waals surface area contributed by atoms with E-state index in [1.54, 1.807) is 0 Å². The van der Waals surface area contributed by atoms with Gasteiger partial charge in [0, 0.05) is 24.0 Å². The van der Waals surface area contributed by atoms with Crippen LogP contribution in [-0.2, 0) is 22.1 Å². The maximum absolute atomic E-state index is 5.59. The average Bonchev–Trinajstić information content (AvgIpc) is 2.35. The molecule has 2 nitrogen and oxygen atoms in total. The Kier molecular flexibility index (Phi) is 10.4. The maximum Gasteiger partial charge on any atom is 0.107 e. The normalized spacial score (nSPS) is 9.28. The van der Waals surface area contributed by atoms with E-state index in [4.69, 9.17) is 15.9 Å². The van der Waals surface area contributed by atoms with Crippen molar-refractivity contribution in [1.82, 2.24) is 0 Å². The van der Waals surface area contributed by atoms with Crippen LogP contribution in [-0.4, -0.2) is 19.8 Å². The van der Waals surface area contributed by atoms with Gasteiger partial charge in [0.15, 0.2) is 0 Å². The van der Waals surface area contributed by atoms with Crippen LogP contribution in [0.4, 0.5) is 0 Å². The van der Waals surface area contributed by atoms with Crippen LogP contribution in [0, 0.1) is 19.3 Å². The molecule has 0 radical (unpaired) electrons. The number of benzene rings is 1. The average molecular weight is 283 g/mol. The summed E-state index contributed by atoms with van der Waals surface area (Å²) in [5, 5.41) is 0. The molecule has 18 heavy (non-hydrogen) atoms. The van der Waals surface area contributed by atoms with Crippen molar-refractivity contribution in [2.24, 2.45) is 0 Å². The number of ether oxygens (including phenoxy) is 2. The molecule has 0 N–H and O–H groups in total. The van der Waals surface area contributed by atoms with Gasteiger partial charge in [0.05, 0.1) is 12.4 Å². The Labute approximate surface area is 121 Å². The van der Waals surface area contributed by atoms with E-state index in [1.807, 2.05) is 24.3 Å². The van der Waals surface area contributed by atoms with Crippen LogP contribution in [0.5, 0.6) is 5.75 Å². The van der Waals surface area contributed by atoms with E-state index < -0.39 is 0 Å². The molecular formula is C15H19CrO2-. The van der Waals surface area contributed by atoms with Gasteiger partial charge in [0.25, 0.3) is 0 Å².